The van der Waals surface area contributed by atoms with Gasteiger partial charge >= 0.3 is 0 Å². The summed E-state index contributed by atoms with van der Waals surface area (Å²) in [6.45, 7) is 0.792. The molecule has 2 aromatic rings. The van der Waals surface area contributed by atoms with Crippen LogP contribution in [-0.4, -0.2) is 17.4 Å². The first-order chi connectivity index (χ1) is 8.83. The molecule has 3 nitrogen and oxygen atoms in total. The van der Waals surface area contributed by atoms with E-state index in [2.05, 4.69) is 10.3 Å². The molecule has 1 heterocycles. The van der Waals surface area contributed by atoms with Crippen LogP contribution in [-0.2, 0) is 0 Å². The highest BCUT2D eigenvalue weighted by Gasteiger charge is 2.20. The van der Waals surface area contributed by atoms with Crippen LogP contribution in [0.1, 0.15) is 36.0 Å². The minimum Gasteiger partial charge on any atom is -0.361 e. The van der Waals surface area contributed by atoms with Gasteiger partial charge in [0.05, 0.1) is 0 Å². The number of amides is 1. The molecule has 1 aliphatic carbocycles. The molecule has 0 saturated heterocycles. The summed E-state index contributed by atoms with van der Waals surface area (Å²) in [5.74, 6) is 0.979. The average Bonchev–Trinajstić information content (AvgIpc) is 3.09. The zero-order chi connectivity index (χ0) is 12.4. The number of fused-ring (bicyclic) bond motifs is 1. The Morgan fingerprint density at radius 2 is 2.22 bits per heavy atom. The lowest BCUT2D eigenvalue weighted by Gasteiger charge is -2.05. The lowest BCUT2D eigenvalue weighted by Crippen LogP contribution is -2.24. The van der Waals surface area contributed by atoms with Crippen LogP contribution in [0, 0.1) is 5.92 Å². The SMILES string of the molecule is O=C(NCCCC1CC1)c1ccc2[nH]ccc2c1. The Balaban J connectivity index is 1.56. The van der Waals surface area contributed by atoms with Crippen molar-refractivity contribution >= 4 is 16.8 Å². The lowest BCUT2D eigenvalue weighted by atomic mass is 10.1. The van der Waals surface area contributed by atoms with Gasteiger partial charge in [-0.2, -0.15) is 0 Å². The van der Waals surface area contributed by atoms with Gasteiger partial charge in [-0.1, -0.05) is 12.8 Å². The first kappa shape index (κ1) is 11.3. The Hall–Kier alpha value is -1.77. The molecule has 1 aromatic heterocycles. The van der Waals surface area contributed by atoms with Crippen LogP contribution >= 0.6 is 0 Å². The third-order valence-electron chi connectivity index (χ3n) is 3.59. The third-order valence-corrected chi connectivity index (χ3v) is 3.59. The first-order valence-electron chi connectivity index (χ1n) is 6.68. The minimum absolute atomic E-state index is 0.0360. The van der Waals surface area contributed by atoms with E-state index in [1.807, 2.05) is 30.5 Å². The second kappa shape index (κ2) is 4.84. The Bertz CT molecular complexity index is 554. The maximum Gasteiger partial charge on any atom is 0.251 e. The van der Waals surface area contributed by atoms with E-state index in [9.17, 15) is 4.79 Å². The maximum absolute atomic E-state index is 11.9. The Morgan fingerprint density at radius 3 is 3.06 bits per heavy atom. The summed E-state index contributed by atoms with van der Waals surface area (Å²) in [5.41, 5.74) is 1.81. The molecule has 1 fully saturated rings. The second-order valence-electron chi connectivity index (χ2n) is 5.12. The molecule has 0 bridgehead atoms. The zero-order valence-electron chi connectivity index (χ0n) is 10.4. The fourth-order valence-electron chi connectivity index (χ4n) is 2.30. The summed E-state index contributed by atoms with van der Waals surface area (Å²) in [6.07, 6.45) is 7.03. The van der Waals surface area contributed by atoms with Gasteiger partial charge in [0.1, 0.15) is 0 Å². The topological polar surface area (TPSA) is 44.9 Å². The van der Waals surface area contributed by atoms with Crippen molar-refractivity contribution in [3.8, 4) is 0 Å². The van der Waals surface area contributed by atoms with Crippen LogP contribution in [0.2, 0.25) is 0 Å². The Morgan fingerprint density at radius 1 is 1.33 bits per heavy atom. The van der Waals surface area contributed by atoms with Gasteiger partial charge in [-0.25, -0.2) is 0 Å². The van der Waals surface area contributed by atoms with Gasteiger partial charge in [0.15, 0.2) is 0 Å². The average molecular weight is 242 g/mol. The molecule has 1 saturated carbocycles. The number of hydrogen-bond acceptors (Lipinski definition) is 1. The number of rotatable bonds is 5. The van der Waals surface area contributed by atoms with Gasteiger partial charge in [0.2, 0.25) is 0 Å². The molecule has 0 atom stereocenters. The molecular formula is C15H18N2O. The fraction of sp³-hybridized carbons (Fsp3) is 0.400. The van der Waals surface area contributed by atoms with Crippen molar-refractivity contribution in [3.63, 3.8) is 0 Å². The molecule has 3 rings (SSSR count). The number of nitrogens with one attached hydrogen (secondary N) is 2. The molecule has 1 aromatic carbocycles. The van der Waals surface area contributed by atoms with Crippen molar-refractivity contribution in [3.05, 3.63) is 36.0 Å². The molecule has 0 aliphatic heterocycles. The van der Waals surface area contributed by atoms with Crippen molar-refractivity contribution in [1.82, 2.24) is 10.3 Å². The van der Waals surface area contributed by atoms with Crippen molar-refractivity contribution in [1.29, 1.82) is 0 Å². The molecule has 0 radical (unpaired) electrons. The quantitative estimate of drug-likeness (QED) is 0.777. The summed E-state index contributed by atoms with van der Waals surface area (Å²) >= 11 is 0. The van der Waals surface area contributed by atoms with Crippen molar-refractivity contribution < 1.29 is 4.79 Å². The maximum atomic E-state index is 11.9. The van der Waals surface area contributed by atoms with Gasteiger partial charge < -0.3 is 10.3 Å². The first-order valence-corrected chi connectivity index (χ1v) is 6.68. The van der Waals surface area contributed by atoms with Gasteiger partial charge in [0, 0.05) is 29.2 Å². The Kier molecular flexibility index (Phi) is 3.05. The lowest BCUT2D eigenvalue weighted by molar-refractivity contribution is 0.0953. The summed E-state index contributed by atoms with van der Waals surface area (Å²) in [6, 6.07) is 7.74. The summed E-state index contributed by atoms with van der Waals surface area (Å²) in [4.78, 5) is 15.1. The van der Waals surface area contributed by atoms with Crippen LogP contribution in [0.25, 0.3) is 10.9 Å². The molecule has 18 heavy (non-hydrogen) atoms. The standard InChI is InChI=1S/C15H18N2O/c18-15(17-8-1-2-11-3-4-11)13-5-6-14-12(10-13)7-9-16-14/h5-7,9-11,16H,1-4,8H2,(H,17,18). The summed E-state index contributed by atoms with van der Waals surface area (Å²) in [7, 11) is 0. The molecule has 1 aliphatic rings. The largest absolute Gasteiger partial charge is 0.361 e. The number of H-pyrrole nitrogens is 1. The summed E-state index contributed by atoms with van der Waals surface area (Å²) < 4.78 is 0. The number of aromatic amines is 1. The molecule has 0 spiro atoms. The van der Waals surface area contributed by atoms with E-state index in [4.69, 9.17) is 0 Å². The van der Waals surface area contributed by atoms with E-state index in [0.717, 1.165) is 35.3 Å². The van der Waals surface area contributed by atoms with Crippen LogP contribution in [0.15, 0.2) is 30.5 Å². The van der Waals surface area contributed by atoms with Gasteiger partial charge in [0.25, 0.3) is 5.91 Å². The van der Waals surface area contributed by atoms with Gasteiger partial charge in [-0.3, -0.25) is 4.79 Å². The van der Waals surface area contributed by atoms with Crippen molar-refractivity contribution in [2.75, 3.05) is 6.54 Å². The number of carbonyl (C=O) groups is 1. The predicted octanol–water partition coefficient (Wildman–Crippen LogP) is 3.09. The van der Waals surface area contributed by atoms with Crippen molar-refractivity contribution in [2.45, 2.75) is 25.7 Å². The number of aromatic nitrogens is 1. The van der Waals surface area contributed by atoms with E-state index >= 15 is 0 Å². The normalized spacial score (nSPS) is 14.9. The van der Waals surface area contributed by atoms with Crippen molar-refractivity contribution in [2.24, 2.45) is 5.92 Å². The second-order valence-corrected chi connectivity index (χ2v) is 5.12. The molecule has 0 unspecified atom stereocenters. The molecule has 94 valence electrons. The van der Waals surface area contributed by atoms with Crippen LogP contribution in [0.5, 0.6) is 0 Å². The number of hydrogen-bond donors (Lipinski definition) is 2. The number of benzene rings is 1. The third kappa shape index (κ3) is 2.55. The minimum atomic E-state index is 0.0360. The molecule has 3 heteroatoms. The van der Waals surface area contributed by atoms with Gasteiger partial charge in [-0.05, 0) is 43.0 Å². The Labute approximate surface area is 107 Å². The van der Waals surface area contributed by atoms with Crippen LogP contribution in [0.4, 0.5) is 0 Å². The van der Waals surface area contributed by atoms with Crippen LogP contribution < -0.4 is 5.32 Å². The van der Waals surface area contributed by atoms with Crippen LogP contribution in [0.3, 0.4) is 0 Å². The predicted molar refractivity (Wildman–Crippen MR) is 72.6 cm³/mol. The molecule has 1 amide bonds. The highest BCUT2D eigenvalue weighted by atomic mass is 16.1. The van der Waals surface area contributed by atoms with E-state index in [-0.39, 0.29) is 5.91 Å². The fourth-order valence-corrected chi connectivity index (χ4v) is 2.30. The highest BCUT2D eigenvalue weighted by molar-refractivity contribution is 5.98. The van der Waals surface area contributed by atoms with Gasteiger partial charge in [-0.15, -0.1) is 0 Å². The molecular weight excluding hydrogens is 224 g/mol. The monoisotopic (exact) mass is 242 g/mol. The smallest absolute Gasteiger partial charge is 0.251 e. The van der Waals surface area contributed by atoms with E-state index < -0.39 is 0 Å². The number of carbonyl (C=O) groups excluding carboxylic acids is 1. The summed E-state index contributed by atoms with van der Waals surface area (Å²) in [5, 5.41) is 4.07. The van der Waals surface area contributed by atoms with E-state index in [1.54, 1.807) is 0 Å². The van der Waals surface area contributed by atoms with E-state index in [1.165, 1.54) is 19.3 Å². The molecule has 2 N–H and O–H groups in total. The zero-order valence-corrected chi connectivity index (χ0v) is 10.4. The highest BCUT2D eigenvalue weighted by Crippen LogP contribution is 2.33. The van der Waals surface area contributed by atoms with E-state index in [0.29, 0.717) is 0 Å².